The molecule has 0 fully saturated rings. The van der Waals surface area contributed by atoms with Crippen LogP contribution in [0.25, 0.3) is 6.08 Å². The molecule has 1 aliphatic rings. The second kappa shape index (κ2) is 3.26. The Labute approximate surface area is 80.3 Å². The molecule has 1 heterocycles. The molecule has 1 aromatic rings. The molecule has 0 unspecified atom stereocenters. The number of aliphatic carboxylic acids is 1. The molecule has 0 aliphatic carbocycles. The smallest absolute Gasteiger partial charge is 0.0683 e. The number of thioether (sulfide) groups is 1. The minimum atomic E-state index is -1.07. The summed E-state index contributed by atoms with van der Waals surface area (Å²) < 4.78 is 0. The molecule has 0 spiro atoms. The van der Waals surface area contributed by atoms with E-state index in [4.69, 9.17) is 0 Å². The van der Waals surface area contributed by atoms with Crippen LogP contribution in [-0.4, -0.2) is 11.7 Å². The maximum absolute atomic E-state index is 10.6. The van der Waals surface area contributed by atoms with E-state index in [0.717, 1.165) is 10.5 Å². The predicted octanol–water partition coefficient (Wildman–Crippen LogP) is 0.926. The van der Waals surface area contributed by atoms with Crippen LogP contribution in [0.15, 0.2) is 34.7 Å². The van der Waals surface area contributed by atoms with Gasteiger partial charge in [-0.05, 0) is 23.3 Å². The van der Waals surface area contributed by atoms with E-state index in [1.165, 1.54) is 11.8 Å². The van der Waals surface area contributed by atoms with Gasteiger partial charge in [0, 0.05) is 10.6 Å². The molecule has 66 valence electrons. The highest BCUT2D eigenvalue weighted by Crippen LogP contribution is 2.30. The zero-order valence-corrected chi connectivity index (χ0v) is 7.64. The van der Waals surface area contributed by atoms with Crippen LogP contribution in [0.5, 0.6) is 0 Å². The molecular formula is C10H7O2S-. The highest BCUT2D eigenvalue weighted by molar-refractivity contribution is 7.99. The lowest BCUT2D eigenvalue weighted by Gasteiger charge is -2.15. The van der Waals surface area contributed by atoms with E-state index in [9.17, 15) is 9.90 Å². The first-order valence-electron chi connectivity index (χ1n) is 3.91. The van der Waals surface area contributed by atoms with Crippen molar-refractivity contribution < 1.29 is 9.90 Å². The number of rotatable bonds is 1. The van der Waals surface area contributed by atoms with Gasteiger partial charge in [-0.15, -0.1) is 11.8 Å². The Balaban J connectivity index is 2.44. The molecular weight excluding hydrogens is 184 g/mol. The summed E-state index contributed by atoms with van der Waals surface area (Å²) >= 11 is 1.54. The summed E-state index contributed by atoms with van der Waals surface area (Å²) in [5.74, 6) is -0.568. The molecule has 0 saturated carbocycles. The lowest BCUT2D eigenvalue weighted by molar-refractivity contribution is -0.299. The third-order valence-electron chi connectivity index (χ3n) is 1.89. The fourth-order valence-electron chi connectivity index (χ4n) is 1.23. The van der Waals surface area contributed by atoms with Gasteiger partial charge in [0.25, 0.3) is 0 Å². The van der Waals surface area contributed by atoms with E-state index in [2.05, 4.69) is 0 Å². The summed E-state index contributed by atoms with van der Waals surface area (Å²) in [7, 11) is 0. The Bertz CT molecular complexity index is 382. The van der Waals surface area contributed by atoms with Crippen molar-refractivity contribution in [3.05, 3.63) is 35.4 Å². The third-order valence-corrected chi connectivity index (χ3v) is 3.03. The molecule has 0 saturated heterocycles. The van der Waals surface area contributed by atoms with Gasteiger partial charge < -0.3 is 9.90 Å². The normalized spacial score (nSPS) is 14.6. The molecule has 0 aromatic heterocycles. The summed E-state index contributed by atoms with van der Waals surface area (Å²) in [6.45, 7) is 0. The van der Waals surface area contributed by atoms with Crippen molar-refractivity contribution in [1.29, 1.82) is 0 Å². The van der Waals surface area contributed by atoms with Gasteiger partial charge >= 0.3 is 0 Å². The van der Waals surface area contributed by atoms with Crippen LogP contribution >= 0.6 is 11.8 Å². The summed E-state index contributed by atoms with van der Waals surface area (Å²) in [5.41, 5.74) is 1.33. The van der Waals surface area contributed by atoms with Gasteiger partial charge in [-0.3, -0.25) is 0 Å². The summed E-state index contributed by atoms with van der Waals surface area (Å²) in [4.78, 5) is 11.7. The zero-order chi connectivity index (χ0) is 9.26. The molecule has 1 aliphatic heterocycles. The second-order valence-electron chi connectivity index (χ2n) is 2.78. The molecule has 2 rings (SSSR count). The first-order chi connectivity index (χ1) is 6.27. The minimum absolute atomic E-state index is 0.365. The maximum Gasteiger partial charge on any atom is 0.0683 e. The molecule has 0 radical (unpaired) electrons. The van der Waals surface area contributed by atoms with E-state index in [0.29, 0.717) is 11.3 Å². The zero-order valence-electron chi connectivity index (χ0n) is 6.82. The van der Waals surface area contributed by atoms with Crippen LogP contribution in [0.4, 0.5) is 0 Å². The van der Waals surface area contributed by atoms with Crippen LogP contribution in [-0.2, 0) is 4.79 Å². The Morgan fingerprint density at radius 3 is 2.92 bits per heavy atom. The first-order valence-corrected chi connectivity index (χ1v) is 4.89. The molecule has 0 atom stereocenters. The molecule has 0 bridgehead atoms. The second-order valence-corrected chi connectivity index (χ2v) is 3.80. The Hall–Kier alpha value is -1.22. The van der Waals surface area contributed by atoms with Crippen molar-refractivity contribution in [2.24, 2.45) is 0 Å². The van der Waals surface area contributed by atoms with Crippen molar-refractivity contribution in [2.45, 2.75) is 4.90 Å². The number of carboxylic acids is 1. The van der Waals surface area contributed by atoms with Gasteiger partial charge in [-0.2, -0.15) is 0 Å². The number of carbonyl (C=O) groups is 1. The number of carboxylic acid groups (broad SMARTS) is 1. The van der Waals surface area contributed by atoms with Crippen molar-refractivity contribution >= 4 is 23.8 Å². The van der Waals surface area contributed by atoms with Gasteiger partial charge in [0.05, 0.1) is 5.97 Å². The highest BCUT2D eigenvalue weighted by atomic mass is 32.2. The molecule has 3 heteroatoms. The van der Waals surface area contributed by atoms with Crippen molar-refractivity contribution in [1.82, 2.24) is 0 Å². The Morgan fingerprint density at radius 2 is 2.15 bits per heavy atom. The SMILES string of the molecule is O=C([O-])C1=Cc2ccccc2SC1. The number of hydrogen-bond donors (Lipinski definition) is 0. The number of hydrogen-bond acceptors (Lipinski definition) is 3. The van der Waals surface area contributed by atoms with Gasteiger partial charge in [0.15, 0.2) is 0 Å². The third kappa shape index (κ3) is 1.60. The van der Waals surface area contributed by atoms with Crippen molar-refractivity contribution in [2.75, 3.05) is 5.75 Å². The molecule has 13 heavy (non-hydrogen) atoms. The van der Waals surface area contributed by atoms with Crippen molar-refractivity contribution in [3.8, 4) is 0 Å². The molecule has 1 aromatic carbocycles. The average molecular weight is 191 g/mol. The van der Waals surface area contributed by atoms with Crippen molar-refractivity contribution in [3.63, 3.8) is 0 Å². The summed E-state index contributed by atoms with van der Waals surface area (Å²) in [6.07, 6.45) is 1.68. The standard InChI is InChI=1S/C10H8O2S/c11-10(12)8-5-7-3-1-2-4-9(7)13-6-8/h1-5H,6H2,(H,11,12)/p-1. The molecule has 2 nitrogen and oxygen atoms in total. The van der Waals surface area contributed by atoms with E-state index in [1.54, 1.807) is 6.08 Å². The van der Waals surface area contributed by atoms with Gasteiger partial charge in [-0.1, -0.05) is 18.2 Å². The molecule has 0 amide bonds. The van der Waals surface area contributed by atoms with Gasteiger partial charge in [-0.25, -0.2) is 0 Å². The topological polar surface area (TPSA) is 40.1 Å². The van der Waals surface area contributed by atoms with E-state index >= 15 is 0 Å². The summed E-state index contributed by atoms with van der Waals surface area (Å²) in [5, 5.41) is 10.6. The summed E-state index contributed by atoms with van der Waals surface area (Å²) in [6, 6.07) is 7.74. The number of fused-ring (bicyclic) bond motifs is 1. The lowest BCUT2D eigenvalue weighted by atomic mass is 10.1. The Kier molecular flexibility index (Phi) is 2.10. The average Bonchev–Trinajstić information content (AvgIpc) is 2.17. The van der Waals surface area contributed by atoms with E-state index in [-0.39, 0.29) is 0 Å². The Morgan fingerprint density at radius 1 is 1.38 bits per heavy atom. The molecule has 0 N–H and O–H groups in total. The minimum Gasteiger partial charge on any atom is -0.545 e. The van der Waals surface area contributed by atoms with Crippen LogP contribution in [0.3, 0.4) is 0 Å². The van der Waals surface area contributed by atoms with Crippen LogP contribution in [0.2, 0.25) is 0 Å². The highest BCUT2D eigenvalue weighted by Gasteiger charge is 2.09. The predicted molar refractivity (Wildman–Crippen MR) is 50.2 cm³/mol. The largest absolute Gasteiger partial charge is 0.545 e. The fourth-order valence-corrected chi connectivity index (χ4v) is 2.21. The monoisotopic (exact) mass is 191 g/mol. The lowest BCUT2D eigenvalue weighted by Crippen LogP contribution is -2.26. The maximum atomic E-state index is 10.6. The van der Waals surface area contributed by atoms with Crippen LogP contribution < -0.4 is 5.11 Å². The quantitative estimate of drug-likeness (QED) is 0.663. The van der Waals surface area contributed by atoms with E-state index < -0.39 is 5.97 Å². The van der Waals surface area contributed by atoms with E-state index in [1.807, 2.05) is 24.3 Å². The fraction of sp³-hybridized carbons (Fsp3) is 0.100. The van der Waals surface area contributed by atoms with Gasteiger partial charge in [0.2, 0.25) is 0 Å². The number of benzene rings is 1. The first kappa shape index (κ1) is 8.38. The number of carbonyl (C=O) groups excluding carboxylic acids is 1. The van der Waals surface area contributed by atoms with Crippen LogP contribution in [0, 0.1) is 0 Å². The van der Waals surface area contributed by atoms with Crippen LogP contribution in [0.1, 0.15) is 5.56 Å². The van der Waals surface area contributed by atoms with Gasteiger partial charge in [0.1, 0.15) is 0 Å².